The van der Waals surface area contributed by atoms with Gasteiger partial charge in [0.2, 0.25) is 0 Å². The molecule has 1 amide bonds. The van der Waals surface area contributed by atoms with Crippen LogP contribution < -0.4 is 5.32 Å². The van der Waals surface area contributed by atoms with Crippen LogP contribution in [0.4, 0.5) is 4.79 Å². The summed E-state index contributed by atoms with van der Waals surface area (Å²) in [6.45, 7) is 2.63. The quantitative estimate of drug-likeness (QED) is 0.607. The zero-order chi connectivity index (χ0) is 11.5. The molecule has 0 fully saturated rings. The Balaban J connectivity index is 3.22. The molecule has 5 nitrogen and oxygen atoms in total. The van der Waals surface area contributed by atoms with Crippen LogP contribution in [0.15, 0.2) is 0 Å². The maximum Gasteiger partial charge on any atom is 0.407 e. The average molecular weight is 217 g/mol. The van der Waals surface area contributed by atoms with Gasteiger partial charge in [0.25, 0.3) is 0 Å². The zero-order valence-corrected chi connectivity index (χ0v) is 9.12. The first kappa shape index (κ1) is 13.7. The Morgan fingerprint density at radius 1 is 1.27 bits per heavy atom. The molecule has 5 heteroatoms. The van der Waals surface area contributed by atoms with E-state index in [0.717, 1.165) is 25.7 Å². The molecule has 0 unspecified atom stereocenters. The lowest BCUT2D eigenvalue weighted by Crippen LogP contribution is -2.27. The molecule has 0 heterocycles. The van der Waals surface area contributed by atoms with E-state index in [2.05, 4.69) is 12.2 Å². The second-order valence-corrected chi connectivity index (χ2v) is 3.27. The molecule has 0 aliphatic rings. The Morgan fingerprint density at radius 2 is 2.00 bits per heavy atom. The van der Waals surface area contributed by atoms with Crippen LogP contribution in [0, 0.1) is 0 Å². The summed E-state index contributed by atoms with van der Waals surface area (Å²) in [6, 6.07) is 0. The molecule has 0 aromatic heterocycles. The smallest absolute Gasteiger partial charge is 0.407 e. The molecule has 15 heavy (non-hydrogen) atoms. The molecule has 0 aliphatic carbocycles. The Morgan fingerprint density at radius 3 is 2.60 bits per heavy atom. The normalized spacial score (nSPS) is 9.67. The molecular formula is C10H19NO4. The van der Waals surface area contributed by atoms with E-state index in [1.54, 1.807) is 0 Å². The number of carbonyl (C=O) groups excluding carboxylic acids is 1. The van der Waals surface area contributed by atoms with Crippen molar-refractivity contribution in [3.63, 3.8) is 0 Å². The minimum atomic E-state index is -0.932. The van der Waals surface area contributed by atoms with Gasteiger partial charge in [0, 0.05) is 6.54 Å². The molecule has 2 N–H and O–H groups in total. The molecule has 0 rings (SSSR count). The summed E-state index contributed by atoms with van der Waals surface area (Å²) in [6.07, 6.45) is 3.59. The van der Waals surface area contributed by atoms with E-state index in [1.165, 1.54) is 0 Å². The summed E-state index contributed by atoms with van der Waals surface area (Å²) in [5, 5.41) is 10.7. The van der Waals surface area contributed by atoms with Crippen molar-refractivity contribution in [2.24, 2.45) is 0 Å². The summed E-state index contributed by atoms with van der Waals surface area (Å²) >= 11 is 0. The molecule has 0 aromatic rings. The molecule has 0 aliphatic heterocycles. The third-order valence-corrected chi connectivity index (χ3v) is 1.84. The second kappa shape index (κ2) is 9.30. The Bertz CT molecular complexity index is 194. The van der Waals surface area contributed by atoms with Crippen molar-refractivity contribution in [1.29, 1.82) is 0 Å². The van der Waals surface area contributed by atoms with Crippen molar-refractivity contribution in [3.05, 3.63) is 0 Å². The number of unbranched alkanes of at least 4 members (excludes halogenated alkanes) is 3. The maximum atomic E-state index is 10.9. The fraction of sp³-hybridized carbons (Fsp3) is 0.800. The molecule has 88 valence electrons. The standard InChI is InChI=1S/C10H19NO4/c1-2-3-4-5-8-15-10(14)11-7-6-9(12)13/h2-8H2,1H3,(H,11,14)(H,12,13). The van der Waals surface area contributed by atoms with Gasteiger partial charge in [-0.2, -0.15) is 0 Å². The molecule has 0 bridgehead atoms. The van der Waals surface area contributed by atoms with E-state index in [9.17, 15) is 9.59 Å². The van der Waals surface area contributed by atoms with E-state index >= 15 is 0 Å². The number of aliphatic carboxylic acids is 1. The van der Waals surface area contributed by atoms with Crippen LogP contribution in [0.3, 0.4) is 0 Å². The lowest BCUT2D eigenvalue weighted by atomic mass is 10.2. The van der Waals surface area contributed by atoms with E-state index in [4.69, 9.17) is 9.84 Å². The number of amides is 1. The molecule has 0 saturated heterocycles. The molecule has 0 spiro atoms. The van der Waals surface area contributed by atoms with Crippen LogP contribution in [-0.4, -0.2) is 30.3 Å². The van der Waals surface area contributed by atoms with Crippen LogP contribution >= 0.6 is 0 Å². The van der Waals surface area contributed by atoms with E-state index in [0.29, 0.717) is 6.61 Å². The van der Waals surface area contributed by atoms with Gasteiger partial charge in [0.1, 0.15) is 0 Å². The van der Waals surface area contributed by atoms with Crippen LogP contribution in [-0.2, 0) is 9.53 Å². The molecular weight excluding hydrogens is 198 g/mol. The zero-order valence-electron chi connectivity index (χ0n) is 9.12. The van der Waals surface area contributed by atoms with Crippen LogP contribution in [0.2, 0.25) is 0 Å². The van der Waals surface area contributed by atoms with Crippen LogP contribution in [0.25, 0.3) is 0 Å². The van der Waals surface area contributed by atoms with Gasteiger partial charge in [-0.1, -0.05) is 26.2 Å². The van der Waals surface area contributed by atoms with Crippen molar-refractivity contribution in [3.8, 4) is 0 Å². The summed E-state index contributed by atoms with van der Waals surface area (Å²) in [4.78, 5) is 21.1. The minimum Gasteiger partial charge on any atom is -0.481 e. The van der Waals surface area contributed by atoms with Gasteiger partial charge in [-0.25, -0.2) is 4.79 Å². The number of hydrogen-bond acceptors (Lipinski definition) is 3. The SMILES string of the molecule is CCCCCCOC(=O)NCCC(=O)O. The highest BCUT2D eigenvalue weighted by Gasteiger charge is 2.02. The molecule has 0 atom stereocenters. The van der Waals surface area contributed by atoms with E-state index in [-0.39, 0.29) is 13.0 Å². The Kier molecular flexibility index (Phi) is 8.52. The van der Waals surface area contributed by atoms with Gasteiger partial charge in [-0.3, -0.25) is 4.79 Å². The van der Waals surface area contributed by atoms with Crippen LogP contribution in [0.5, 0.6) is 0 Å². The number of ether oxygens (including phenoxy) is 1. The van der Waals surface area contributed by atoms with Gasteiger partial charge in [-0.05, 0) is 6.42 Å². The molecule has 0 radical (unpaired) electrons. The van der Waals surface area contributed by atoms with Gasteiger partial charge in [0.05, 0.1) is 13.0 Å². The Hall–Kier alpha value is -1.26. The van der Waals surface area contributed by atoms with Crippen molar-refractivity contribution in [2.45, 2.75) is 39.0 Å². The van der Waals surface area contributed by atoms with Crippen molar-refractivity contribution < 1.29 is 19.4 Å². The monoisotopic (exact) mass is 217 g/mol. The first-order chi connectivity index (χ1) is 7.16. The number of hydrogen-bond donors (Lipinski definition) is 2. The largest absolute Gasteiger partial charge is 0.481 e. The topological polar surface area (TPSA) is 75.6 Å². The summed E-state index contributed by atoms with van der Waals surface area (Å²) < 4.78 is 4.83. The van der Waals surface area contributed by atoms with Gasteiger partial charge in [0.15, 0.2) is 0 Å². The number of rotatable bonds is 8. The highest BCUT2D eigenvalue weighted by Crippen LogP contribution is 1.98. The average Bonchev–Trinajstić information content (AvgIpc) is 2.17. The number of carboxylic acids is 1. The number of nitrogens with one attached hydrogen (secondary N) is 1. The summed E-state index contributed by atoms with van der Waals surface area (Å²) in [5.74, 6) is -0.932. The molecule has 0 saturated carbocycles. The van der Waals surface area contributed by atoms with Crippen molar-refractivity contribution >= 4 is 12.1 Å². The lowest BCUT2D eigenvalue weighted by Gasteiger charge is -2.05. The van der Waals surface area contributed by atoms with Crippen molar-refractivity contribution in [1.82, 2.24) is 5.32 Å². The number of carbonyl (C=O) groups is 2. The fourth-order valence-electron chi connectivity index (χ4n) is 1.02. The third kappa shape index (κ3) is 10.7. The number of carboxylic acid groups (broad SMARTS) is 1. The summed E-state index contributed by atoms with van der Waals surface area (Å²) in [7, 11) is 0. The predicted molar refractivity (Wildman–Crippen MR) is 55.7 cm³/mol. The summed E-state index contributed by atoms with van der Waals surface area (Å²) in [5.41, 5.74) is 0. The highest BCUT2D eigenvalue weighted by atomic mass is 16.5. The second-order valence-electron chi connectivity index (χ2n) is 3.27. The first-order valence-corrected chi connectivity index (χ1v) is 5.29. The number of alkyl carbamates (subject to hydrolysis) is 1. The Labute approximate surface area is 89.8 Å². The van der Waals surface area contributed by atoms with Crippen LogP contribution in [0.1, 0.15) is 39.0 Å². The van der Waals surface area contributed by atoms with Crippen molar-refractivity contribution in [2.75, 3.05) is 13.2 Å². The minimum absolute atomic E-state index is 0.0784. The van der Waals surface area contributed by atoms with E-state index < -0.39 is 12.1 Å². The first-order valence-electron chi connectivity index (χ1n) is 5.29. The maximum absolute atomic E-state index is 10.9. The predicted octanol–water partition coefficient (Wildman–Crippen LogP) is 1.77. The highest BCUT2D eigenvalue weighted by molar-refractivity contribution is 5.70. The lowest BCUT2D eigenvalue weighted by molar-refractivity contribution is -0.136. The molecule has 0 aromatic carbocycles. The van der Waals surface area contributed by atoms with Gasteiger partial charge >= 0.3 is 12.1 Å². The fourth-order valence-corrected chi connectivity index (χ4v) is 1.02. The van der Waals surface area contributed by atoms with Gasteiger partial charge < -0.3 is 15.2 Å². The third-order valence-electron chi connectivity index (χ3n) is 1.84. The van der Waals surface area contributed by atoms with Gasteiger partial charge in [-0.15, -0.1) is 0 Å². The van der Waals surface area contributed by atoms with E-state index in [1.807, 2.05) is 0 Å².